The summed E-state index contributed by atoms with van der Waals surface area (Å²) in [6.07, 6.45) is -1.61. The van der Waals surface area contributed by atoms with Gasteiger partial charge in [-0.3, -0.25) is 9.59 Å². The number of nitrogens with zero attached hydrogens (tertiary/aromatic N) is 1. The third kappa shape index (κ3) is 6.16. The number of nitrogens with one attached hydrogen (secondary N) is 1. The summed E-state index contributed by atoms with van der Waals surface area (Å²) in [5.74, 6) is -0.657. The Morgan fingerprint density at radius 3 is 2.30 bits per heavy atom. The second kappa shape index (κ2) is 11.5. The molecule has 1 fully saturated rings. The minimum Gasteiger partial charge on any atom is -0.496 e. The van der Waals surface area contributed by atoms with Crippen LogP contribution in [-0.4, -0.2) is 42.6 Å². The Labute approximate surface area is 216 Å². The molecule has 0 aliphatic carbocycles. The fourth-order valence-corrected chi connectivity index (χ4v) is 4.78. The van der Waals surface area contributed by atoms with Gasteiger partial charge in [-0.1, -0.05) is 68.4 Å². The van der Waals surface area contributed by atoms with Crippen LogP contribution in [0.3, 0.4) is 0 Å². The summed E-state index contributed by atoms with van der Waals surface area (Å²) in [7, 11) is 1.43. The number of hydrogen-bond acceptors (Lipinski definition) is 3. The van der Waals surface area contributed by atoms with Gasteiger partial charge in [0, 0.05) is 12.0 Å². The van der Waals surface area contributed by atoms with Crippen LogP contribution in [0.4, 0.5) is 8.78 Å². The number of hydrogen-bond donors (Lipinski definition) is 1. The Bertz CT molecular complexity index is 1230. The molecule has 7 heteroatoms. The van der Waals surface area contributed by atoms with E-state index in [0.29, 0.717) is 17.2 Å². The molecule has 1 aliphatic rings. The molecule has 4 rings (SSSR count). The van der Waals surface area contributed by atoms with Crippen molar-refractivity contribution in [2.45, 2.75) is 50.9 Å². The Morgan fingerprint density at radius 1 is 1.00 bits per heavy atom. The summed E-state index contributed by atoms with van der Waals surface area (Å²) in [6.45, 7) is 4.04. The third-order valence-corrected chi connectivity index (χ3v) is 6.81. The van der Waals surface area contributed by atoms with Gasteiger partial charge in [-0.05, 0) is 40.8 Å². The molecule has 3 atom stereocenters. The monoisotopic (exact) mass is 506 g/mol. The summed E-state index contributed by atoms with van der Waals surface area (Å²) < 4.78 is 33.6. The van der Waals surface area contributed by atoms with E-state index in [4.69, 9.17) is 4.74 Å². The topological polar surface area (TPSA) is 58.6 Å². The number of halogens is 2. The van der Waals surface area contributed by atoms with E-state index in [0.717, 1.165) is 11.1 Å². The van der Waals surface area contributed by atoms with Gasteiger partial charge in [0.25, 0.3) is 0 Å². The maximum atomic E-state index is 14.5. The maximum absolute atomic E-state index is 14.5. The summed E-state index contributed by atoms with van der Waals surface area (Å²) in [5, 5.41) is 3.06. The smallest absolute Gasteiger partial charge is 0.243 e. The minimum atomic E-state index is -1.32. The van der Waals surface area contributed by atoms with Crippen LogP contribution in [-0.2, 0) is 16.0 Å². The van der Waals surface area contributed by atoms with Crippen molar-refractivity contribution in [3.05, 3.63) is 101 Å². The molecule has 3 aromatic rings. The van der Waals surface area contributed by atoms with Crippen molar-refractivity contribution < 1.29 is 23.1 Å². The van der Waals surface area contributed by atoms with E-state index in [1.807, 2.05) is 54.6 Å². The van der Waals surface area contributed by atoms with Crippen molar-refractivity contribution in [2.24, 2.45) is 0 Å². The van der Waals surface area contributed by atoms with E-state index in [-0.39, 0.29) is 19.4 Å². The number of alkyl halides is 1. The predicted octanol–water partition coefficient (Wildman–Crippen LogP) is 5.35. The molecular weight excluding hydrogens is 474 g/mol. The number of likely N-dealkylation sites (tertiary alicyclic amines) is 1. The van der Waals surface area contributed by atoms with Gasteiger partial charge in [0.2, 0.25) is 11.8 Å². The zero-order valence-corrected chi connectivity index (χ0v) is 21.3. The number of carbonyl (C=O) groups excluding carboxylic acids is 2. The molecule has 37 heavy (non-hydrogen) atoms. The maximum Gasteiger partial charge on any atom is 0.243 e. The normalized spacial score (nSPS) is 18.1. The SMILES string of the molecule is COc1ccc(F)cc1CC(=O)N1C[C@H](F)C[C@H]1C(=O)N[C@@H](c1ccccc1)c1ccc(C(C)C)cc1. The summed E-state index contributed by atoms with van der Waals surface area (Å²) >= 11 is 0. The molecule has 1 heterocycles. The van der Waals surface area contributed by atoms with Crippen molar-refractivity contribution in [1.82, 2.24) is 10.2 Å². The molecule has 194 valence electrons. The van der Waals surface area contributed by atoms with Gasteiger partial charge in [0.15, 0.2) is 0 Å². The van der Waals surface area contributed by atoms with Crippen LogP contribution in [0, 0.1) is 5.82 Å². The van der Waals surface area contributed by atoms with E-state index < -0.39 is 35.9 Å². The molecule has 0 spiro atoms. The van der Waals surface area contributed by atoms with E-state index in [2.05, 4.69) is 19.2 Å². The molecule has 0 radical (unpaired) electrons. The second-order valence-electron chi connectivity index (χ2n) is 9.70. The number of methoxy groups -OCH3 is 1. The highest BCUT2D eigenvalue weighted by atomic mass is 19.1. The highest BCUT2D eigenvalue weighted by Crippen LogP contribution is 2.28. The van der Waals surface area contributed by atoms with Crippen LogP contribution in [0.2, 0.25) is 0 Å². The van der Waals surface area contributed by atoms with Crippen LogP contribution in [0.1, 0.15) is 54.5 Å². The summed E-state index contributed by atoms with van der Waals surface area (Å²) in [4.78, 5) is 28.0. The van der Waals surface area contributed by atoms with Crippen molar-refractivity contribution >= 4 is 11.8 Å². The molecule has 0 saturated carbocycles. The van der Waals surface area contributed by atoms with E-state index in [1.165, 1.54) is 35.8 Å². The number of rotatable bonds is 8. The van der Waals surface area contributed by atoms with Crippen LogP contribution in [0.25, 0.3) is 0 Å². The first-order valence-corrected chi connectivity index (χ1v) is 12.5. The fraction of sp³-hybridized carbons (Fsp3) is 0.333. The van der Waals surface area contributed by atoms with Crippen LogP contribution >= 0.6 is 0 Å². The number of ether oxygens (including phenoxy) is 1. The van der Waals surface area contributed by atoms with Crippen molar-refractivity contribution in [2.75, 3.05) is 13.7 Å². The Balaban J connectivity index is 1.56. The minimum absolute atomic E-state index is 0.0916. The zero-order chi connectivity index (χ0) is 26.5. The molecule has 1 N–H and O–H groups in total. The molecule has 1 aliphatic heterocycles. The first-order valence-electron chi connectivity index (χ1n) is 12.5. The van der Waals surface area contributed by atoms with Crippen LogP contribution in [0.5, 0.6) is 5.75 Å². The van der Waals surface area contributed by atoms with Crippen LogP contribution in [0.15, 0.2) is 72.8 Å². The first kappa shape index (κ1) is 26.3. The standard InChI is InChI=1S/C30H32F2N2O3/c1-19(2)20-9-11-22(12-10-20)29(21-7-5-4-6-8-21)33-30(36)26-17-25(32)18-34(26)28(35)16-23-15-24(31)13-14-27(23)37-3/h4-15,19,25-26,29H,16-18H2,1-3H3,(H,33,36)/t25-,26+,29+/m1/s1. The highest BCUT2D eigenvalue weighted by Gasteiger charge is 2.40. The van der Waals surface area contributed by atoms with E-state index in [1.54, 1.807) is 0 Å². The Kier molecular flexibility index (Phi) is 8.21. The van der Waals surface area contributed by atoms with Crippen molar-refractivity contribution in [1.29, 1.82) is 0 Å². The van der Waals surface area contributed by atoms with Gasteiger partial charge in [0.05, 0.1) is 26.1 Å². The zero-order valence-electron chi connectivity index (χ0n) is 21.3. The van der Waals surface area contributed by atoms with Gasteiger partial charge in [-0.2, -0.15) is 0 Å². The molecule has 0 bridgehead atoms. The lowest BCUT2D eigenvalue weighted by Gasteiger charge is -2.27. The lowest BCUT2D eigenvalue weighted by atomic mass is 9.95. The molecule has 0 unspecified atom stereocenters. The average molecular weight is 507 g/mol. The average Bonchev–Trinajstić information content (AvgIpc) is 3.30. The molecule has 0 aromatic heterocycles. The summed E-state index contributed by atoms with van der Waals surface area (Å²) in [6, 6.07) is 20.1. The molecule has 1 saturated heterocycles. The molecule has 5 nitrogen and oxygen atoms in total. The van der Waals surface area contributed by atoms with Gasteiger partial charge in [-0.25, -0.2) is 8.78 Å². The summed E-state index contributed by atoms with van der Waals surface area (Å²) in [5.41, 5.74) is 3.30. The van der Waals surface area contributed by atoms with Gasteiger partial charge in [0.1, 0.15) is 23.8 Å². The largest absolute Gasteiger partial charge is 0.496 e. The quantitative estimate of drug-likeness (QED) is 0.448. The molecule has 2 amide bonds. The van der Waals surface area contributed by atoms with Crippen molar-refractivity contribution in [3.63, 3.8) is 0 Å². The molecule has 3 aromatic carbocycles. The number of benzene rings is 3. The van der Waals surface area contributed by atoms with Crippen molar-refractivity contribution in [3.8, 4) is 5.75 Å². The lowest BCUT2D eigenvalue weighted by Crippen LogP contribution is -2.47. The number of carbonyl (C=O) groups is 2. The van der Waals surface area contributed by atoms with E-state index in [9.17, 15) is 18.4 Å². The van der Waals surface area contributed by atoms with Gasteiger partial charge >= 0.3 is 0 Å². The first-order chi connectivity index (χ1) is 17.8. The van der Waals surface area contributed by atoms with E-state index >= 15 is 0 Å². The predicted molar refractivity (Wildman–Crippen MR) is 139 cm³/mol. The lowest BCUT2D eigenvalue weighted by molar-refractivity contribution is -0.138. The number of amides is 2. The highest BCUT2D eigenvalue weighted by molar-refractivity contribution is 5.90. The Morgan fingerprint density at radius 2 is 1.65 bits per heavy atom. The van der Waals surface area contributed by atoms with Crippen LogP contribution < -0.4 is 10.1 Å². The molecular formula is C30H32F2N2O3. The second-order valence-corrected chi connectivity index (χ2v) is 9.70. The van der Waals surface area contributed by atoms with Gasteiger partial charge < -0.3 is 15.0 Å². The third-order valence-electron chi connectivity index (χ3n) is 6.81. The van der Waals surface area contributed by atoms with Gasteiger partial charge in [-0.15, -0.1) is 0 Å². The fourth-order valence-electron chi connectivity index (χ4n) is 4.78. The Hall–Kier alpha value is -3.74.